The summed E-state index contributed by atoms with van der Waals surface area (Å²) in [6.07, 6.45) is 0.415. The number of rotatable bonds is 9. The molecule has 0 spiro atoms. The van der Waals surface area contributed by atoms with Gasteiger partial charge in [-0.25, -0.2) is 0 Å². The molecule has 1 aliphatic rings. The number of carbonyl (C=O) groups is 2. The number of aryl methyl sites for hydroxylation is 1. The van der Waals surface area contributed by atoms with Crippen molar-refractivity contribution in [2.75, 3.05) is 25.6 Å². The maximum atomic E-state index is 13.0. The minimum absolute atomic E-state index is 0.0399. The summed E-state index contributed by atoms with van der Waals surface area (Å²) in [5.41, 5.74) is 1.58. The van der Waals surface area contributed by atoms with Crippen LogP contribution in [0.3, 0.4) is 0 Å². The van der Waals surface area contributed by atoms with Crippen LogP contribution in [0, 0.1) is 6.92 Å². The minimum Gasteiger partial charge on any atom is -0.385 e. The molecule has 1 aliphatic heterocycles. The lowest BCUT2D eigenvalue weighted by atomic mass is 10.2. The maximum Gasteiger partial charge on any atom is 0.284 e. The quantitative estimate of drug-likeness (QED) is 0.559. The maximum absolute atomic E-state index is 13.0. The van der Waals surface area contributed by atoms with E-state index in [-0.39, 0.29) is 34.8 Å². The first kappa shape index (κ1) is 24.0. The van der Waals surface area contributed by atoms with Gasteiger partial charge in [-0.15, -0.1) is 4.40 Å². The molecule has 0 bridgehead atoms. The number of hydrogen-bond acceptors (Lipinski definition) is 6. The summed E-state index contributed by atoms with van der Waals surface area (Å²) in [6, 6.07) is 15.2. The van der Waals surface area contributed by atoms with Crippen molar-refractivity contribution in [2.45, 2.75) is 29.9 Å². The highest BCUT2D eigenvalue weighted by Gasteiger charge is 2.40. The van der Waals surface area contributed by atoms with Crippen LogP contribution in [0.25, 0.3) is 0 Å². The van der Waals surface area contributed by atoms with Gasteiger partial charge in [0.15, 0.2) is 5.17 Å². The molecule has 0 radical (unpaired) electrons. The van der Waals surface area contributed by atoms with Crippen molar-refractivity contribution in [3.63, 3.8) is 0 Å². The molecule has 1 N–H and O–H groups in total. The average Bonchev–Trinajstić information content (AvgIpc) is 3.04. The van der Waals surface area contributed by atoms with E-state index in [2.05, 4.69) is 9.71 Å². The van der Waals surface area contributed by atoms with Crippen LogP contribution in [0.2, 0.25) is 0 Å². The van der Waals surface area contributed by atoms with Gasteiger partial charge in [-0.2, -0.15) is 8.42 Å². The Balaban J connectivity index is 1.79. The Kier molecular flexibility index (Phi) is 8.05. The van der Waals surface area contributed by atoms with Crippen LogP contribution in [0.4, 0.5) is 5.69 Å². The fraction of sp³-hybridized carbons (Fsp3) is 0.318. The van der Waals surface area contributed by atoms with E-state index in [9.17, 15) is 18.0 Å². The number of amides is 2. The van der Waals surface area contributed by atoms with E-state index in [1.807, 2.05) is 25.1 Å². The molecule has 3 rings (SSSR count). The molecular formula is C22H25N3O5S2. The van der Waals surface area contributed by atoms with Crippen molar-refractivity contribution in [3.8, 4) is 0 Å². The summed E-state index contributed by atoms with van der Waals surface area (Å²) < 4.78 is 34.4. The Morgan fingerprint density at radius 2 is 1.84 bits per heavy atom. The van der Waals surface area contributed by atoms with Gasteiger partial charge in [0.2, 0.25) is 11.8 Å². The number of thioether (sulfide) groups is 1. The monoisotopic (exact) mass is 475 g/mol. The SMILES string of the molecule is COCCCN1C(=O)C(CC(=O)Nc2ccccc2C)S/C1=N\S(=O)(=O)c1ccccc1. The number of anilines is 1. The largest absolute Gasteiger partial charge is 0.385 e. The first-order valence-corrected chi connectivity index (χ1v) is 12.4. The number of carbonyl (C=O) groups excluding carboxylic acids is 2. The van der Waals surface area contributed by atoms with Crippen LogP contribution < -0.4 is 5.32 Å². The number of ether oxygens (including phenoxy) is 1. The van der Waals surface area contributed by atoms with Gasteiger partial charge in [-0.1, -0.05) is 48.2 Å². The van der Waals surface area contributed by atoms with Crippen LogP contribution in [-0.4, -0.2) is 55.8 Å². The molecule has 1 unspecified atom stereocenters. The van der Waals surface area contributed by atoms with Gasteiger partial charge in [0.05, 0.1) is 4.90 Å². The lowest BCUT2D eigenvalue weighted by Gasteiger charge is -2.16. The number of amidine groups is 1. The van der Waals surface area contributed by atoms with Gasteiger partial charge in [0.1, 0.15) is 5.25 Å². The molecule has 1 heterocycles. The molecule has 32 heavy (non-hydrogen) atoms. The van der Waals surface area contributed by atoms with Crippen molar-refractivity contribution in [3.05, 3.63) is 60.2 Å². The predicted molar refractivity (Wildman–Crippen MR) is 125 cm³/mol. The molecule has 0 aliphatic carbocycles. The van der Waals surface area contributed by atoms with Gasteiger partial charge in [-0.3, -0.25) is 14.5 Å². The molecule has 2 aromatic rings. The minimum atomic E-state index is -4.00. The third-order valence-electron chi connectivity index (χ3n) is 4.78. The molecule has 10 heteroatoms. The number of para-hydroxylation sites is 1. The zero-order valence-corrected chi connectivity index (χ0v) is 19.5. The van der Waals surface area contributed by atoms with Crippen molar-refractivity contribution >= 4 is 44.5 Å². The molecule has 170 valence electrons. The summed E-state index contributed by atoms with van der Waals surface area (Å²) in [6.45, 7) is 2.53. The predicted octanol–water partition coefficient (Wildman–Crippen LogP) is 3.05. The lowest BCUT2D eigenvalue weighted by Crippen LogP contribution is -2.35. The first-order chi connectivity index (χ1) is 15.3. The Morgan fingerprint density at radius 3 is 2.53 bits per heavy atom. The van der Waals surface area contributed by atoms with Crippen LogP contribution in [-0.2, 0) is 24.3 Å². The summed E-state index contributed by atoms with van der Waals surface area (Å²) in [4.78, 5) is 26.9. The summed E-state index contributed by atoms with van der Waals surface area (Å²) in [5, 5.41) is 2.13. The Hall–Kier alpha value is -2.69. The van der Waals surface area contributed by atoms with E-state index in [0.717, 1.165) is 17.3 Å². The molecular weight excluding hydrogens is 450 g/mol. The Bertz CT molecular complexity index is 1100. The van der Waals surface area contributed by atoms with Gasteiger partial charge >= 0.3 is 0 Å². The number of sulfonamides is 1. The van der Waals surface area contributed by atoms with E-state index < -0.39 is 15.3 Å². The lowest BCUT2D eigenvalue weighted by molar-refractivity contribution is -0.128. The normalized spacial score (nSPS) is 17.7. The number of nitrogens with zero attached hydrogens (tertiary/aromatic N) is 2. The van der Waals surface area contributed by atoms with Crippen LogP contribution in [0.5, 0.6) is 0 Å². The van der Waals surface area contributed by atoms with Crippen LogP contribution in [0.15, 0.2) is 63.9 Å². The highest BCUT2D eigenvalue weighted by Crippen LogP contribution is 2.31. The first-order valence-electron chi connectivity index (χ1n) is 10.0. The molecule has 2 aromatic carbocycles. The molecule has 2 amide bonds. The van der Waals surface area contributed by atoms with Crippen LogP contribution in [0.1, 0.15) is 18.4 Å². The zero-order chi connectivity index (χ0) is 23.1. The second-order valence-electron chi connectivity index (χ2n) is 7.17. The third kappa shape index (κ3) is 5.96. The number of benzene rings is 2. The van der Waals surface area contributed by atoms with Crippen molar-refractivity contribution in [1.82, 2.24) is 4.90 Å². The van der Waals surface area contributed by atoms with Crippen molar-refractivity contribution in [2.24, 2.45) is 4.40 Å². The van der Waals surface area contributed by atoms with E-state index in [1.54, 1.807) is 31.4 Å². The van der Waals surface area contributed by atoms with E-state index in [1.165, 1.54) is 17.0 Å². The molecule has 8 nitrogen and oxygen atoms in total. The number of methoxy groups -OCH3 is 1. The van der Waals surface area contributed by atoms with Crippen LogP contribution >= 0.6 is 11.8 Å². The van der Waals surface area contributed by atoms with Gasteiger partial charge in [0, 0.05) is 32.4 Å². The van der Waals surface area contributed by atoms with E-state index >= 15 is 0 Å². The molecule has 0 aromatic heterocycles. The van der Waals surface area contributed by atoms with Gasteiger partial charge < -0.3 is 10.1 Å². The Labute approximate surface area is 192 Å². The standard InChI is InChI=1S/C22H25N3O5S2/c1-16-9-6-7-12-18(16)23-20(26)15-19-21(27)25(13-8-14-30-2)22(31-19)24-32(28,29)17-10-4-3-5-11-17/h3-7,9-12,19H,8,13-15H2,1-2H3,(H,23,26)/b24-22-. The summed E-state index contributed by atoms with van der Waals surface area (Å²) in [5.74, 6) is -0.665. The van der Waals surface area contributed by atoms with Gasteiger partial charge in [0.25, 0.3) is 10.0 Å². The molecule has 0 saturated carbocycles. The van der Waals surface area contributed by atoms with E-state index in [0.29, 0.717) is 18.7 Å². The number of hydrogen-bond donors (Lipinski definition) is 1. The molecule has 1 saturated heterocycles. The summed E-state index contributed by atoms with van der Waals surface area (Å²) in [7, 11) is -2.45. The fourth-order valence-electron chi connectivity index (χ4n) is 3.11. The second kappa shape index (κ2) is 10.8. The van der Waals surface area contributed by atoms with Crippen molar-refractivity contribution < 1.29 is 22.7 Å². The number of nitrogens with one attached hydrogen (secondary N) is 1. The highest BCUT2D eigenvalue weighted by atomic mass is 32.2. The molecule has 1 atom stereocenters. The smallest absolute Gasteiger partial charge is 0.284 e. The highest BCUT2D eigenvalue weighted by molar-refractivity contribution is 8.16. The summed E-state index contributed by atoms with van der Waals surface area (Å²) >= 11 is 0.995. The topological polar surface area (TPSA) is 105 Å². The van der Waals surface area contributed by atoms with Crippen molar-refractivity contribution in [1.29, 1.82) is 0 Å². The second-order valence-corrected chi connectivity index (χ2v) is 9.95. The average molecular weight is 476 g/mol. The zero-order valence-electron chi connectivity index (χ0n) is 17.9. The van der Waals surface area contributed by atoms with Gasteiger partial charge in [-0.05, 0) is 37.1 Å². The third-order valence-corrected chi connectivity index (χ3v) is 7.35. The Morgan fingerprint density at radius 1 is 1.16 bits per heavy atom. The fourth-order valence-corrected chi connectivity index (χ4v) is 5.52. The molecule has 1 fully saturated rings. The van der Waals surface area contributed by atoms with E-state index in [4.69, 9.17) is 4.74 Å².